The van der Waals surface area contributed by atoms with Gasteiger partial charge in [0.1, 0.15) is 0 Å². The van der Waals surface area contributed by atoms with Gasteiger partial charge in [0.05, 0.1) is 5.92 Å². The van der Waals surface area contributed by atoms with Gasteiger partial charge in [-0.15, -0.1) is 0 Å². The molecular formula is C21H23NO. The number of nitrogens with zero attached hydrogens (tertiary/aromatic N) is 1. The predicted octanol–water partition coefficient (Wildman–Crippen LogP) is 4.47. The maximum Gasteiger partial charge on any atom is 0.153 e. The van der Waals surface area contributed by atoms with Crippen LogP contribution in [-0.4, -0.2) is 18.5 Å². The lowest BCUT2D eigenvalue weighted by atomic mass is 9.89. The normalized spacial score (nSPS) is 22.7. The highest BCUT2D eigenvalue weighted by atomic mass is 16.1. The molecule has 1 aliphatic rings. The first-order valence-electron chi connectivity index (χ1n) is 8.29. The molecule has 1 aliphatic carbocycles. The monoisotopic (exact) mass is 305 g/mol. The topological polar surface area (TPSA) is 29.4 Å². The first-order valence-corrected chi connectivity index (χ1v) is 8.29. The number of aryl methyl sites for hydroxylation is 2. The second-order valence-corrected chi connectivity index (χ2v) is 6.26. The van der Waals surface area contributed by atoms with Crippen LogP contribution in [0, 0.1) is 6.92 Å². The van der Waals surface area contributed by atoms with Gasteiger partial charge in [-0.05, 0) is 35.6 Å². The van der Waals surface area contributed by atoms with Gasteiger partial charge in [-0.3, -0.25) is 9.79 Å². The van der Waals surface area contributed by atoms with Crippen molar-refractivity contribution in [2.24, 2.45) is 4.99 Å². The minimum absolute atomic E-state index is 0.0638. The Labute approximate surface area is 138 Å². The zero-order valence-corrected chi connectivity index (χ0v) is 14.0. The number of Topliss-reactive ketones (excluding diaryl/α,β-unsaturated/α-hetero) is 1. The number of carbonyl (C=O) groups excluding carboxylic acids is 1. The van der Waals surface area contributed by atoms with Crippen LogP contribution in [0.15, 0.2) is 53.5 Å². The number of hydrogen-bond donors (Lipinski definition) is 0. The first kappa shape index (κ1) is 15.7. The van der Waals surface area contributed by atoms with E-state index in [-0.39, 0.29) is 17.6 Å². The highest BCUT2D eigenvalue weighted by Crippen LogP contribution is 2.39. The molecule has 2 aromatic carbocycles. The van der Waals surface area contributed by atoms with E-state index in [1.54, 1.807) is 7.05 Å². The standard InChI is InChI=1S/C21H23NO/c1-4-15-10-11-17(12-14(15)2)20-19(22-3)13-18(21(20)23)16-8-6-5-7-9-16/h5-12,18,20H,4,13H2,1-3H3. The summed E-state index contributed by atoms with van der Waals surface area (Å²) in [6.07, 6.45) is 1.75. The molecule has 0 radical (unpaired) electrons. The molecule has 2 nitrogen and oxygen atoms in total. The molecule has 0 amide bonds. The molecule has 2 aromatic rings. The van der Waals surface area contributed by atoms with Crippen molar-refractivity contribution in [1.82, 2.24) is 0 Å². The van der Waals surface area contributed by atoms with Gasteiger partial charge >= 0.3 is 0 Å². The highest BCUT2D eigenvalue weighted by Gasteiger charge is 2.40. The molecule has 118 valence electrons. The van der Waals surface area contributed by atoms with Crippen molar-refractivity contribution in [3.63, 3.8) is 0 Å². The van der Waals surface area contributed by atoms with E-state index in [0.29, 0.717) is 0 Å². The number of hydrogen-bond acceptors (Lipinski definition) is 2. The van der Waals surface area contributed by atoms with Crippen LogP contribution >= 0.6 is 0 Å². The molecule has 0 aliphatic heterocycles. The number of aliphatic imine (C=N–C) groups is 1. The zero-order chi connectivity index (χ0) is 16.4. The third kappa shape index (κ3) is 2.86. The molecule has 0 aromatic heterocycles. The third-order valence-electron chi connectivity index (χ3n) is 4.94. The van der Waals surface area contributed by atoms with E-state index in [4.69, 9.17) is 0 Å². The second kappa shape index (κ2) is 6.49. The molecule has 0 bridgehead atoms. The average molecular weight is 305 g/mol. The van der Waals surface area contributed by atoms with Crippen LogP contribution in [-0.2, 0) is 11.2 Å². The highest BCUT2D eigenvalue weighted by molar-refractivity contribution is 6.18. The molecule has 0 N–H and O–H groups in total. The van der Waals surface area contributed by atoms with Crippen molar-refractivity contribution in [3.05, 3.63) is 70.8 Å². The van der Waals surface area contributed by atoms with Crippen LogP contribution in [0.4, 0.5) is 0 Å². The summed E-state index contributed by atoms with van der Waals surface area (Å²) in [6, 6.07) is 16.5. The quantitative estimate of drug-likeness (QED) is 0.822. The van der Waals surface area contributed by atoms with Crippen LogP contribution < -0.4 is 0 Å². The lowest BCUT2D eigenvalue weighted by Crippen LogP contribution is -2.15. The van der Waals surface area contributed by atoms with Crippen LogP contribution in [0.2, 0.25) is 0 Å². The fraction of sp³-hybridized carbons (Fsp3) is 0.333. The molecule has 0 saturated heterocycles. The summed E-state index contributed by atoms with van der Waals surface area (Å²) in [5, 5.41) is 0. The molecule has 2 atom stereocenters. The SMILES string of the molecule is CCc1ccc(C2C(=O)C(c3ccccc3)CC2=NC)cc1C. The first-order chi connectivity index (χ1) is 11.2. The minimum atomic E-state index is -0.185. The average Bonchev–Trinajstić information content (AvgIpc) is 2.92. The number of benzene rings is 2. The molecule has 1 saturated carbocycles. The van der Waals surface area contributed by atoms with E-state index in [1.807, 2.05) is 30.3 Å². The predicted molar refractivity (Wildman–Crippen MR) is 95.5 cm³/mol. The van der Waals surface area contributed by atoms with Crippen LogP contribution in [0.1, 0.15) is 47.4 Å². The van der Waals surface area contributed by atoms with Gasteiger partial charge in [0, 0.05) is 25.1 Å². The largest absolute Gasteiger partial charge is 0.298 e. The van der Waals surface area contributed by atoms with Crippen molar-refractivity contribution in [3.8, 4) is 0 Å². The van der Waals surface area contributed by atoms with Gasteiger partial charge in [0.25, 0.3) is 0 Å². The van der Waals surface area contributed by atoms with Gasteiger partial charge in [-0.25, -0.2) is 0 Å². The van der Waals surface area contributed by atoms with E-state index in [0.717, 1.165) is 29.7 Å². The van der Waals surface area contributed by atoms with Gasteiger partial charge in [0.2, 0.25) is 0 Å². The summed E-state index contributed by atoms with van der Waals surface area (Å²) in [5.41, 5.74) is 5.80. The molecular weight excluding hydrogens is 282 g/mol. The Hall–Kier alpha value is -2.22. The van der Waals surface area contributed by atoms with E-state index in [2.05, 4.69) is 37.0 Å². The molecule has 1 fully saturated rings. The Bertz CT molecular complexity index is 746. The fourth-order valence-corrected chi connectivity index (χ4v) is 3.63. The Balaban J connectivity index is 1.98. The van der Waals surface area contributed by atoms with E-state index in [9.17, 15) is 4.79 Å². The minimum Gasteiger partial charge on any atom is -0.298 e. The molecule has 3 rings (SSSR count). The summed E-state index contributed by atoms with van der Waals surface area (Å²) in [4.78, 5) is 17.5. The summed E-state index contributed by atoms with van der Waals surface area (Å²) >= 11 is 0. The Morgan fingerprint density at radius 2 is 1.83 bits per heavy atom. The Morgan fingerprint density at radius 3 is 2.43 bits per heavy atom. The summed E-state index contributed by atoms with van der Waals surface area (Å²) < 4.78 is 0. The summed E-state index contributed by atoms with van der Waals surface area (Å²) in [7, 11) is 1.80. The van der Waals surface area contributed by atoms with Crippen LogP contribution in [0.25, 0.3) is 0 Å². The number of carbonyl (C=O) groups is 1. The van der Waals surface area contributed by atoms with Gasteiger partial charge in [-0.2, -0.15) is 0 Å². The maximum absolute atomic E-state index is 13.1. The van der Waals surface area contributed by atoms with Crippen LogP contribution in [0.5, 0.6) is 0 Å². The lowest BCUT2D eigenvalue weighted by molar-refractivity contribution is -0.119. The molecule has 0 spiro atoms. The number of ketones is 1. The smallest absolute Gasteiger partial charge is 0.153 e. The van der Waals surface area contributed by atoms with Gasteiger partial charge < -0.3 is 0 Å². The zero-order valence-electron chi connectivity index (χ0n) is 14.0. The van der Waals surface area contributed by atoms with Crippen molar-refractivity contribution >= 4 is 11.5 Å². The number of rotatable bonds is 3. The fourth-order valence-electron chi connectivity index (χ4n) is 3.63. The molecule has 0 heterocycles. The van der Waals surface area contributed by atoms with Crippen LogP contribution in [0.3, 0.4) is 0 Å². The van der Waals surface area contributed by atoms with Gasteiger partial charge in [0.15, 0.2) is 5.78 Å². The lowest BCUT2D eigenvalue weighted by Gasteiger charge is -2.14. The molecule has 23 heavy (non-hydrogen) atoms. The van der Waals surface area contributed by atoms with E-state index < -0.39 is 0 Å². The van der Waals surface area contributed by atoms with Crippen molar-refractivity contribution in [2.75, 3.05) is 7.05 Å². The van der Waals surface area contributed by atoms with Crippen molar-refractivity contribution < 1.29 is 4.79 Å². The van der Waals surface area contributed by atoms with E-state index >= 15 is 0 Å². The van der Waals surface area contributed by atoms with Crippen molar-refractivity contribution in [1.29, 1.82) is 0 Å². The molecule has 2 unspecified atom stereocenters. The summed E-state index contributed by atoms with van der Waals surface area (Å²) in [5.74, 6) is 0.0290. The Kier molecular flexibility index (Phi) is 4.42. The maximum atomic E-state index is 13.1. The summed E-state index contributed by atoms with van der Waals surface area (Å²) in [6.45, 7) is 4.28. The van der Waals surface area contributed by atoms with Crippen molar-refractivity contribution in [2.45, 2.75) is 38.5 Å². The second-order valence-electron chi connectivity index (χ2n) is 6.26. The van der Waals surface area contributed by atoms with E-state index in [1.165, 1.54) is 11.1 Å². The third-order valence-corrected chi connectivity index (χ3v) is 4.94. The molecule has 2 heteroatoms. The van der Waals surface area contributed by atoms with Gasteiger partial charge in [-0.1, -0.05) is 55.5 Å². The Morgan fingerprint density at radius 1 is 1.09 bits per heavy atom.